The molecule has 0 aliphatic carbocycles. The first-order valence-electron chi connectivity index (χ1n) is 9.15. The predicted molar refractivity (Wildman–Crippen MR) is 118 cm³/mol. The number of hydrogen-bond donors (Lipinski definition) is 1. The number of nitrogens with zero attached hydrogens (tertiary/aromatic N) is 1. The van der Waals surface area contributed by atoms with Gasteiger partial charge < -0.3 is 4.74 Å². The summed E-state index contributed by atoms with van der Waals surface area (Å²) in [5.74, 6) is 0.860. The number of ether oxygens (including phenoxy) is 1. The van der Waals surface area contributed by atoms with Gasteiger partial charge >= 0.3 is 0 Å². The number of methoxy groups -OCH3 is 1. The minimum atomic E-state index is 0.173. The first-order valence-corrected chi connectivity index (χ1v) is 10.9. The van der Waals surface area contributed by atoms with Crippen molar-refractivity contribution in [3.63, 3.8) is 0 Å². The first-order chi connectivity index (χ1) is 13.7. The van der Waals surface area contributed by atoms with Gasteiger partial charge in [0.25, 0.3) is 0 Å². The smallest absolute Gasteiger partial charge is 0.123 e. The number of thiophene rings is 1. The van der Waals surface area contributed by atoms with Crippen LogP contribution in [0.4, 0.5) is 0 Å². The third-order valence-corrected chi connectivity index (χ3v) is 6.49. The second-order valence-corrected chi connectivity index (χ2v) is 8.45. The summed E-state index contributed by atoms with van der Waals surface area (Å²) < 4.78 is 5.23. The van der Waals surface area contributed by atoms with Crippen LogP contribution >= 0.6 is 22.7 Å². The Bertz CT molecular complexity index is 1010. The van der Waals surface area contributed by atoms with E-state index in [0.29, 0.717) is 0 Å². The lowest BCUT2D eigenvalue weighted by Crippen LogP contribution is -2.21. The first kappa shape index (κ1) is 18.9. The van der Waals surface area contributed by atoms with Crippen LogP contribution in [-0.4, -0.2) is 12.1 Å². The van der Waals surface area contributed by atoms with Gasteiger partial charge in [0, 0.05) is 22.4 Å². The summed E-state index contributed by atoms with van der Waals surface area (Å²) in [5.41, 5.74) is 4.73. The summed E-state index contributed by atoms with van der Waals surface area (Å²) in [5, 5.41) is 8.98. The van der Waals surface area contributed by atoms with Crippen molar-refractivity contribution in [2.24, 2.45) is 0 Å². The molecule has 1 N–H and O–H groups in total. The number of aryl methyl sites for hydroxylation is 1. The van der Waals surface area contributed by atoms with Crippen molar-refractivity contribution in [3.8, 4) is 16.3 Å². The SMILES string of the molecule is COc1ccc(-c2nc(CN[C@@H](c3ccc(C)cc3)c3cccs3)cs2)cc1. The third kappa shape index (κ3) is 4.33. The summed E-state index contributed by atoms with van der Waals surface area (Å²) in [6.07, 6.45) is 0. The number of thiazole rings is 1. The average Bonchev–Trinajstić information content (AvgIpc) is 3.42. The van der Waals surface area contributed by atoms with Crippen LogP contribution in [-0.2, 0) is 6.54 Å². The second-order valence-electron chi connectivity index (χ2n) is 6.61. The highest BCUT2D eigenvalue weighted by Crippen LogP contribution is 2.28. The van der Waals surface area contributed by atoms with Gasteiger partial charge in [-0.1, -0.05) is 35.9 Å². The summed E-state index contributed by atoms with van der Waals surface area (Å²) >= 11 is 3.45. The summed E-state index contributed by atoms with van der Waals surface area (Å²) in [6, 6.07) is 21.3. The van der Waals surface area contributed by atoms with Crippen LogP contribution in [0.2, 0.25) is 0 Å². The highest BCUT2D eigenvalue weighted by atomic mass is 32.1. The molecule has 2 heterocycles. The maximum absolute atomic E-state index is 5.23. The van der Waals surface area contributed by atoms with Gasteiger partial charge in [-0.15, -0.1) is 22.7 Å². The van der Waals surface area contributed by atoms with Crippen molar-refractivity contribution in [2.45, 2.75) is 19.5 Å². The molecule has 0 aliphatic heterocycles. The van der Waals surface area contributed by atoms with Gasteiger partial charge in [0.15, 0.2) is 0 Å². The maximum Gasteiger partial charge on any atom is 0.123 e. The van der Waals surface area contributed by atoms with Crippen LogP contribution in [0.1, 0.15) is 27.7 Å². The zero-order chi connectivity index (χ0) is 19.3. The van der Waals surface area contributed by atoms with Crippen molar-refractivity contribution >= 4 is 22.7 Å². The molecule has 2 aromatic heterocycles. The molecule has 0 fully saturated rings. The third-order valence-electron chi connectivity index (χ3n) is 4.61. The highest BCUT2D eigenvalue weighted by Gasteiger charge is 2.15. The van der Waals surface area contributed by atoms with E-state index in [1.54, 1.807) is 29.8 Å². The van der Waals surface area contributed by atoms with Gasteiger partial charge in [0.2, 0.25) is 0 Å². The number of rotatable bonds is 7. The zero-order valence-electron chi connectivity index (χ0n) is 15.9. The largest absolute Gasteiger partial charge is 0.497 e. The Labute approximate surface area is 173 Å². The quantitative estimate of drug-likeness (QED) is 0.404. The zero-order valence-corrected chi connectivity index (χ0v) is 17.5. The normalized spacial score (nSPS) is 12.1. The second kappa shape index (κ2) is 8.69. The molecule has 0 spiro atoms. The Hall–Kier alpha value is -2.47. The molecule has 3 nitrogen and oxygen atoms in total. The van der Waals surface area contributed by atoms with Crippen molar-refractivity contribution in [1.82, 2.24) is 10.3 Å². The standard InChI is InChI=1S/C23H22N2OS2/c1-16-5-7-17(8-6-16)22(21-4-3-13-27-21)24-14-19-15-28-23(25-19)18-9-11-20(26-2)12-10-18/h3-13,15,22,24H,14H2,1-2H3/t22-/m0/s1. The molecule has 0 radical (unpaired) electrons. The maximum atomic E-state index is 5.23. The van der Waals surface area contributed by atoms with Crippen LogP contribution in [0.25, 0.3) is 10.6 Å². The molecule has 4 rings (SSSR count). The van der Waals surface area contributed by atoms with Gasteiger partial charge in [0.05, 0.1) is 18.8 Å². The van der Waals surface area contributed by atoms with Gasteiger partial charge in [-0.25, -0.2) is 4.98 Å². The lowest BCUT2D eigenvalue weighted by atomic mass is 10.0. The molecule has 0 saturated heterocycles. The van der Waals surface area contributed by atoms with E-state index in [2.05, 4.69) is 71.5 Å². The summed E-state index contributed by atoms with van der Waals surface area (Å²) in [7, 11) is 1.68. The molecule has 28 heavy (non-hydrogen) atoms. The van der Waals surface area contributed by atoms with E-state index in [1.165, 1.54) is 16.0 Å². The van der Waals surface area contributed by atoms with Gasteiger partial charge in [-0.3, -0.25) is 5.32 Å². The predicted octanol–water partition coefficient (Wildman–Crippen LogP) is 6.07. The topological polar surface area (TPSA) is 34.1 Å². The molecule has 1 atom stereocenters. The Balaban J connectivity index is 1.50. The molecule has 2 aromatic carbocycles. The van der Waals surface area contributed by atoms with E-state index in [4.69, 9.17) is 9.72 Å². The summed E-state index contributed by atoms with van der Waals surface area (Å²) in [6.45, 7) is 2.84. The number of hydrogen-bond acceptors (Lipinski definition) is 5. The Morgan fingerprint density at radius 1 is 1.00 bits per heavy atom. The van der Waals surface area contributed by atoms with E-state index in [0.717, 1.165) is 28.6 Å². The van der Waals surface area contributed by atoms with Crippen LogP contribution in [0.3, 0.4) is 0 Å². The Morgan fingerprint density at radius 2 is 1.79 bits per heavy atom. The van der Waals surface area contributed by atoms with Crippen molar-refractivity contribution in [3.05, 3.63) is 93.1 Å². The molecule has 0 amide bonds. The minimum Gasteiger partial charge on any atom is -0.497 e. The van der Waals surface area contributed by atoms with E-state index < -0.39 is 0 Å². The minimum absolute atomic E-state index is 0.173. The number of nitrogens with one attached hydrogen (secondary N) is 1. The fourth-order valence-electron chi connectivity index (χ4n) is 3.06. The van der Waals surface area contributed by atoms with Gasteiger partial charge in [0.1, 0.15) is 10.8 Å². The average molecular weight is 407 g/mol. The lowest BCUT2D eigenvalue weighted by Gasteiger charge is -2.17. The Morgan fingerprint density at radius 3 is 2.46 bits per heavy atom. The molecule has 0 aliphatic rings. The van der Waals surface area contributed by atoms with Crippen molar-refractivity contribution in [2.75, 3.05) is 7.11 Å². The molecule has 5 heteroatoms. The fourth-order valence-corrected chi connectivity index (χ4v) is 4.71. The molecule has 0 unspecified atom stereocenters. The molecule has 4 aromatic rings. The van der Waals surface area contributed by atoms with Gasteiger partial charge in [-0.05, 0) is 48.2 Å². The van der Waals surface area contributed by atoms with E-state index >= 15 is 0 Å². The van der Waals surface area contributed by atoms with Crippen LogP contribution in [0.5, 0.6) is 5.75 Å². The van der Waals surface area contributed by atoms with E-state index in [9.17, 15) is 0 Å². The van der Waals surface area contributed by atoms with Crippen molar-refractivity contribution in [1.29, 1.82) is 0 Å². The van der Waals surface area contributed by atoms with Crippen molar-refractivity contribution < 1.29 is 4.74 Å². The number of benzene rings is 2. The molecule has 0 bridgehead atoms. The number of aromatic nitrogens is 1. The van der Waals surface area contributed by atoms with Crippen LogP contribution < -0.4 is 10.1 Å². The fraction of sp³-hybridized carbons (Fsp3) is 0.174. The van der Waals surface area contributed by atoms with Gasteiger partial charge in [-0.2, -0.15) is 0 Å². The highest BCUT2D eigenvalue weighted by molar-refractivity contribution is 7.13. The molecule has 0 saturated carbocycles. The van der Waals surface area contributed by atoms with E-state index in [-0.39, 0.29) is 6.04 Å². The Kier molecular flexibility index (Phi) is 5.86. The molecular formula is C23H22N2OS2. The van der Waals surface area contributed by atoms with E-state index in [1.807, 2.05) is 12.1 Å². The van der Waals surface area contributed by atoms with Crippen LogP contribution in [0.15, 0.2) is 71.4 Å². The molecule has 142 valence electrons. The lowest BCUT2D eigenvalue weighted by molar-refractivity contribution is 0.415. The van der Waals surface area contributed by atoms with Crippen LogP contribution in [0, 0.1) is 6.92 Å². The molecular weight excluding hydrogens is 384 g/mol. The summed E-state index contributed by atoms with van der Waals surface area (Å²) in [4.78, 5) is 6.13. The monoisotopic (exact) mass is 406 g/mol.